The van der Waals surface area contributed by atoms with E-state index in [-0.39, 0.29) is 5.97 Å². The number of carbonyl (C=O) groups is 1. The highest BCUT2D eigenvalue weighted by molar-refractivity contribution is 6.30. The minimum atomic E-state index is -0.291. The van der Waals surface area contributed by atoms with E-state index in [0.29, 0.717) is 22.8 Å². The fraction of sp³-hybridized carbons (Fsp3) is 0.118. The smallest absolute Gasteiger partial charge is 0.339 e. The van der Waals surface area contributed by atoms with Gasteiger partial charge < -0.3 is 4.74 Å². The predicted octanol–water partition coefficient (Wildman–Crippen LogP) is 4.19. The third kappa shape index (κ3) is 2.61. The monoisotopic (exact) mass is 284 g/mol. The fourth-order valence-electron chi connectivity index (χ4n) is 2.20. The molecule has 0 N–H and O–H groups in total. The average Bonchev–Trinajstić information content (AvgIpc) is 2.42. The maximum atomic E-state index is 12.0. The number of hydrogen-bond donors (Lipinski definition) is 0. The van der Waals surface area contributed by atoms with Crippen molar-refractivity contribution in [1.29, 1.82) is 0 Å². The van der Waals surface area contributed by atoms with Gasteiger partial charge in [0.05, 0.1) is 0 Å². The van der Waals surface area contributed by atoms with E-state index in [2.05, 4.69) is 0 Å². The molecule has 0 amide bonds. The lowest BCUT2D eigenvalue weighted by Crippen LogP contribution is -2.19. The summed E-state index contributed by atoms with van der Waals surface area (Å²) in [6.07, 6.45) is 2.41. The van der Waals surface area contributed by atoms with Crippen LogP contribution in [-0.2, 0) is 11.2 Å². The van der Waals surface area contributed by atoms with Gasteiger partial charge in [0.25, 0.3) is 0 Å². The minimum Gasteiger partial charge on any atom is -0.423 e. The Morgan fingerprint density at radius 1 is 1.15 bits per heavy atom. The Labute approximate surface area is 122 Å². The van der Waals surface area contributed by atoms with Crippen LogP contribution >= 0.6 is 11.6 Å². The van der Waals surface area contributed by atoms with Gasteiger partial charge in [-0.25, -0.2) is 4.79 Å². The number of hydrogen-bond acceptors (Lipinski definition) is 2. The first-order chi connectivity index (χ1) is 9.61. The molecule has 0 saturated heterocycles. The summed E-state index contributed by atoms with van der Waals surface area (Å²) in [5.41, 5.74) is 3.77. The zero-order valence-electron chi connectivity index (χ0n) is 11.0. The van der Waals surface area contributed by atoms with Gasteiger partial charge >= 0.3 is 5.97 Å². The second-order valence-corrected chi connectivity index (χ2v) is 5.34. The molecular formula is C17H13ClO2. The number of esters is 1. The highest BCUT2D eigenvalue weighted by Gasteiger charge is 2.22. The topological polar surface area (TPSA) is 26.3 Å². The first kappa shape index (κ1) is 12.9. The number of rotatable bonds is 1. The summed E-state index contributed by atoms with van der Waals surface area (Å²) in [5.74, 6) is 0.306. The van der Waals surface area contributed by atoms with Gasteiger partial charge in [-0.1, -0.05) is 41.4 Å². The molecule has 1 heterocycles. The molecule has 100 valence electrons. The van der Waals surface area contributed by atoms with Crippen molar-refractivity contribution in [2.24, 2.45) is 0 Å². The van der Waals surface area contributed by atoms with Crippen LogP contribution in [0.2, 0.25) is 5.02 Å². The summed E-state index contributed by atoms with van der Waals surface area (Å²) in [4.78, 5) is 12.0. The molecule has 0 bridgehead atoms. The van der Waals surface area contributed by atoms with E-state index in [0.717, 1.165) is 11.1 Å². The second-order valence-electron chi connectivity index (χ2n) is 4.90. The van der Waals surface area contributed by atoms with Crippen molar-refractivity contribution >= 4 is 23.6 Å². The van der Waals surface area contributed by atoms with Crippen LogP contribution in [0.1, 0.15) is 16.7 Å². The van der Waals surface area contributed by atoms with Crippen LogP contribution in [0.25, 0.3) is 6.08 Å². The van der Waals surface area contributed by atoms with E-state index < -0.39 is 0 Å². The number of ether oxygens (including phenoxy) is 1. The van der Waals surface area contributed by atoms with E-state index in [1.54, 1.807) is 12.1 Å². The van der Waals surface area contributed by atoms with Crippen molar-refractivity contribution in [3.8, 4) is 5.75 Å². The Hall–Kier alpha value is -2.06. The Bertz CT molecular complexity index is 699. The third-order valence-corrected chi connectivity index (χ3v) is 3.52. The van der Waals surface area contributed by atoms with Crippen LogP contribution in [0.5, 0.6) is 5.75 Å². The van der Waals surface area contributed by atoms with Gasteiger partial charge in [-0.2, -0.15) is 0 Å². The first-order valence-corrected chi connectivity index (χ1v) is 6.77. The van der Waals surface area contributed by atoms with Crippen LogP contribution in [-0.4, -0.2) is 5.97 Å². The molecule has 0 aliphatic carbocycles. The zero-order chi connectivity index (χ0) is 14.1. The van der Waals surface area contributed by atoms with E-state index in [1.165, 1.54) is 5.56 Å². The van der Waals surface area contributed by atoms with Gasteiger partial charge in [-0.15, -0.1) is 0 Å². The summed E-state index contributed by atoms with van der Waals surface area (Å²) >= 11 is 5.98. The van der Waals surface area contributed by atoms with Crippen molar-refractivity contribution in [1.82, 2.24) is 0 Å². The molecule has 0 atom stereocenters. The van der Waals surface area contributed by atoms with Gasteiger partial charge in [0.1, 0.15) is 5.75 Å². The van der Waals surface area contributed by atoms with Crippen LogP contribution in [0.4, 0.5) is 0 Å². The summed E-state index contributed by atoms with van der Waals surface area (Å²) < 4.78 is 5.33. The van der Waals surface area contributed by atoms with E-state index in [9.17, 15) is 4.79 Å². The summed E-state index contributed by atoms with van der Waals surface area (Å²) in [5, 5.41) is 0.649. The van der Waals surface area contributed by atoms with Gasteiger partial charge in [-0.05, 0) is 36.8 Å². The second kappa shape index (κ2) is 5.14. The standard InChI is InChI=1S/C17H13ClO2/c1-11-2-4-12(5-3-11)8-14-9-13-10-15(18)6-7-16(13)20-17(14)19/h2-8,10H,9H2,1H3/b14-8-. The third-order valence-electron chi connectivity index (χ3n) is 3.29. The Morgan fingerprint density at radius 3 is 2.65 bits per heavy atom. The van der Waals surface area contributed by atoms with Crippen LogP contribution in [0.3, 0.4) is 0 Å². The lowest BCUT2D eigenvalue weighted by atomic mass is 9.99. The maximum absolute atomic E-state index is 12.0. The molecule has 0 unspecified atom stereocenters. The number of benzene rings is 2. The Kier molecular flexibility index (Phi) is 3.33. The van der Waals surface area contributed by atoms with Crippen LogP contribution in [0.15, 0.2) is 48.0 Å². The SMILES string of the molecule is Cc1ccc(/C=C2/Cc3cc(Cl)ccc3OC2=O)cc1. The molecule has 2 aromatic carbocycles. The quantitative estimate of drug-likeness (QED) is 0.446. The molecule has 0 spiro atoms. The fourth-order valence-corrected chi connectivity index (χ4v) is 2.40. The molecule has 0 fully saturated rings. The van der Waals surface area contributed by atoms with Crippen LogP contribution in [0, 0.1) is 6.92 Å². The van der Waals surface area contributed by atoms with E-state index >= 15 is 0 Å². The summed E-state index contributed by atoms with van der Waals surface area (Å²) in [7, 11) is 0. The van der Waals surface area contributed by atoms with Crippen molar-refractivity contribution in [2.75, 3.05) is 0 Å². The number of carbonyl (C=O) groups excluding carboxylic acids is 1. The number of halogens is 1. The number of aryl methyl sites for hydroxylation is 1. The molecule has 1 aliphatic rings. The molecule has 3 heteroatoms. The highest BCUT2D eigenvalue weighted by Crippen LogP contribution is 2.30. The Balaban J connectivity index is 1.95. The van der Waals surface area contributed by atoms with E-state index in [1.807, 2.05) is 43.3 Å². The molecule has 0 saturated carbocycles. The normalized spacial score (nSPS) is 15.9. The number of fused-ring (bicyclic) bond motifs is 1. The van der Waals surface area contributed by atoms with Crippen molar-refractivity contribution < 1.29 is 9.53 Å². The zero-order valence-corrected chi connectivity index (χ0v) is 11.8. The van der Waals surface area contributed by atoms with Crippen molar-refractivity contribution in [3.05, 3.63) is 69.8 Å². The molecule has 0 radical (unpaired) electrons. The lowest BCUT2D eigenvalue weighted by molar-refractivity contribution is -0.130. The Morgan fingerprint density at radius 2 is 1.90 bits per heavy atom. The molecule has 2 aromatic rings. The van der Waals surface area contributed by atoms with Gasteiger partial charge in [0, 0.05) is 22.6 Å². The van der Waals surface area contributed by atoms with Gasteiger partial charge in [0.15, 0.2) is 0 Å². The molecule has 3 rings (SSSR count). The largest absolute Gasteiger partial charge is 0.423 e. The molecule has 2 nitrogen and oxygen atoms in total. The molecular weight excluding hydrogens is 272 g/mol. The highest BCUT2D eigenvalue weighted by atomic mass is 35.5. The van der Waals surface area contributed by atoms with Crippen LogP contribution < -0.4 is 4.74 Å². The average molecular weight is 285 g/mol. The van der Waals surface area contributed by atoms with E-state index in [4.69, 9.17) is 16.3 Å². The van der Waals surface area contributed by atoms with Gasteiger partial charge in [-0.3, -0.25) is 0 Å². The summed E-state index contributed by atoms with van der Waals surface area (Å²) in [6, 6.07) is 13.3. The lowest BCUT2D eigenvalue weighted by Gasteiger charge is -2.18. The predicted molar refractivity (Wildman–Crippen MR) is 79.9 cm³/mol. The first-order valence-electron chi connectivity index (χ1n) is 6.40. The molecule has 1 aliphatic heterocycles. The molecule has 0 aromatic heterocycles. The van der Waals surface area contributed by atoms with Crippen molar-refractivity contribution in [2.45, 2.75) is 13.3 Å². The summed E-state index contributed by atoms with van der Waals surface area (Å²) in [6.45, 7) is 2.03. The maximum Gasteiger partial charge on any atom is 0.339 e. The van der Waals surface area contributed by atoms with Gasteiger partial charge in [0.2, 0.25) is 0 Å². The van der Waals surface area contributed by atoms with Crippen molar-refractivity contribution in [3.63, 3.8) is 0 Å². The minimum absolute atomic E-state index is 0.291. The molecule has 20 heavy (non-hydrogen) atoms.